The van der Waals surface area contributed by atoms with Crippen molar-refractivity contribution in [3.05, 3.63) is 64.7 Å². The molecule has 0 aliphatic rings. The molecule has 0 aliphatic carbocycles. The molecule has 24 heavy (non-hydrogen) atoms. The second kappa shape index (κ2) is 8.06. The highest BCUT2D eigenvalue weighted by molar-refractivity contribution is 7.85. The number of nitrogens with one attached hydrogen (secondary N) is 1. The number of hydrogen-bond acceptors (Lipinski definition) is 4. The second-order valence-corrected chi connectivity index (χ2v) is 7.07. The molecular weight excluding hydrogens is 324 g/mol. The Kier molecular flexibility index (Phi) is 6.10. The van der Waals surface area contributed by atoms with Crippen LogP contribution in [0.5, 0.6) is 0 Å². The van der Waals surface area contributed by atoms with E-state index in [0.717, 1.165) is 17.5 Å². The van der Waals surface area contributed by atoms with Gasteiger partial charge in [-0.1, -0.05) is 29.8 Å². The van der Waals surface area contributed by atoms with Crippen molar-refractivity contribution in [3.8, 4) is 6.07 Å². The molecule has 2 rings (SSSR count). The molecular formula is C18H20N2O3S. The lowest BCUT2D eigenvalue weighted by Gasteiger charge is -2.09. The summed E-state index contributed by atoms with van der Waals surface area (Å²) < 4.78 is 32.1. The van der Waals surface area contributed by atoms with E-state index in [1.165, 1.54) is 6.07 Å². The zero-order chi connectivity index (χ0) is 17.6. The summed E-state index contributed by atoms with van der Waals surface area (Å²) in [5.74, 6) is 0. The SMILES string of the molecule is Cc1ccc(S(=O)(=O)O)c(CCCNCc2cccc(C#N)c2)c1. The van der Waals surface area contributed by atoms with Gasteiger partial charge in [0.2, 0.25) is 0 Å². The quantitative estimate of drug-likeness (QED) is 0.595. The van der Waals surface area contributed by atoms with Crippen molar-refractivity contribution in [3.63, 3.8) is 0 Å². The molecule has 6 heteroatoms. The first-order chi connectivity index (χ1) is 11.4. The van der Waals surface area contributed by atoms with Gasteiger partial charge in [-0.3, -0.25) is 4.55 Å². The predicted octanol–water partition coefficient (Wildman–Crippen LogP) is 2.84. The molecule has 126 valence electrons. The van der Waals surface area contributed by atoms with Gasteiger partial charge in [-0.2, -0.15) is 13.7 Å². The fourth-order valence-electron chi connectivity index (χ4n) is 2.54. The van der Waals surface area contributed by atoms with Gasteiger partial charge >= 0.3 is 0 Å². The maximum atomic E-state index is 11.4. The van der Waals surface area contributed by atoms with Crippen LogP contribution in [-0.4, -0.2) is 19.5 Å². The molecule has 0 aliphatic heterocycles. The summed E-state index contributed by atoms with van der Waals surface area (Å²) in [4.78, 5) is -0.0187. The number of hydrogen-bond donors (Lipinski definition) is 2. The van der Waals surface area contributed by atoms with Crippen LogP contribution in [0.1, 0.15) is 28.7 Å². The topological polar surface area (TPSA) is 90.2 Å². The largest absolute Gasteiger partial charge is 0.313 e. The van der Waals surface area contributed by atoms with Gasteiger partial charge in [0.1, 0.15) is 0 Å². The first-order valence-corrected chi connectivity index (χ1v) is 9.11. The summed E-state index contributed by atoms with van der Waals surface area (Å²) >= 11 is 0. The summed E-state index contributed by atoms with van der Waals surface area (Å²) in [5.41, 5.74) is 3.25. The van der Waals surface area contributed by atoms with Crippen LogP contribution in [0.25, 0.3) is 0 Å². The molecule has 0 amide bonds. The molecule has 5 nitrogen and oxygen atoms in total. The molecule has 0 atom stereocenters. The molecule has 0 heterocycles. The first-order valence-electron chi connectivity index (χ1n) is 7.67. The van der Waals surface area contributed by atoms with Crippen molar-refractivity contribution >= 4 is 10.1 Å². The minimum atomic E-state index is -4.19. The monoisotopic (exact) mass is 344 g/mol. The number of rotatable bonds is 7. The van der Waals surface area contributed by atoms with E-state index in [9.17, 15) is 13.0 Å². The Labute approximate surface area is 142 Å². The summed E-state index contributed by atoms with van der Waals surface area (Å²) in [6.45, 7) is 3.24. The van der Waals surface area contributed by atoms with E-state index in [1.807, 2.05) is 25.1 Å². The van der Waals surface area contributed by atoms with E-state index in [4.69, 9.17) is 5.26 Å². The van der Waals surface area contributed by atoms with Crippen LogP contribution in [0.3, 0.4) is 0 Å². The van der Waals surface area contributed by atoms with Crippen molar-refractivity contribution in [2.24, 2.45) is 0 Å². The van der Waals surface area contributed by atoms with Crippen LogP contribution in [-0.2, 0) is 23.1 Å². The maximum absolute atomic E-state index is 11.4. The van der Waals surface area contributed by atoms with Gasteiger partial charge in [0.15, 0.2) is 0 Å². The fourth-order valence-corrected chi connectivity index (χ4v) is 3.27. The molecule has 2 N–H and O–H groups in total. The number of aryl methyl sites for hydroxylation is 2. The lowest BCUT2D eigenvalue weighted by molar-refractivity contribution is 0.481. The van der Waals surface area contributed by atoms with Crippen molar-refractivity contribution in [1.82, 2.24) is 5.32 Å². The van der Waals surface area contributed by atoms with Crippen molar-refractivity contribution in [2.75, 3.05) is 6.54 Å². The maximum Gasteiger partial charge on any atom is 0.294 e. The third-order valence-corrected chi connectivity index (χ3v) is 4.63. The van der Waals surface area contributed by atoms with Gasteiger partial charge in [0.05, 0.1) is 16.5 Å². The van der Waals surface area contributed by atoms with E-state index in [-0.39, 0.29) is 4.90 Å². The van der Waals surface area contributed by atoms with Crippen molar-refractivity contribution in [1.29, 1.82) is 5.26 Å². The molecule has 0 saturated carbocycles. The van der Waals surface area contributed by atoms with E-state index in [0.29, 0.717) is 30.6 Å². The van der Waals surface area contributed by atoms with Crippen molar-refractivity contribution in [2.45, 2.75) is 31.2 Å². The normalized spacial score (nSPS) is 11.2. The van der Waals surface area contributed by atoms with Crippen LogP contribution < -0.4 is 5.32 Å². The first kappa shape index (κ1) is 18.1. The van der Waals surface area contributed by atoms with Crippen LogP contribution in [0.2, 0.25) is 0 Å². The second-order valence-electron chi connectivity index (χ2n) is 5.68. The van der Waals surface area contributed by atoms with Crippen LogP contribution in [0.4, 0.5) is 0 Å². The minimum Gasteiger partial charge on any atom is -0.313 e. The van der Waals surface area contributed by atoms with Crippen LogP contribution >= 0.6 is 0 Å². The Bertz CT molecular complexity index is 855. The van der Waals surface area contributed by atoms with Crippen LogP contribution in [0, 0.1) is 18.3 Å². The minimum absolute atomic E-state index is 0.0187. The van der Waals surface area contributed by atoms with Crippen molar-refractivity contribution < 1.29 is 13.0 Å². The average molecular weight is 344 g/mol. The molecule has 2 aromatic carbocycles. The van der Waals surface area contributed by atoms with E-state index >= 15 is 0 Å². The van der Waals surface area contributed by atoms with Gasteiger partial charge in [-0.25, -0.2) is 0 Å². The molecule has 0 radical (unpaired) electrons. The molecule has 0 fully saturated rings. The lowest BCUT2D eigenvalue weighted by atomic mass is 10.1. The summed E-state index contributed by atoms with van der Waals surface area (Å²) in [7, 11) is -4.19. The Morgan fingerprint density at radius 2 is 2.00 bits per heavy atom. The molecule has 0 unspecified atom stereocenters. The van der Waals surface area contributed by atoms with Crippen LogP contribution in [0.15, 0.2) is 47.4 Å². The van der Waals surface area contributed by atoms with Gasteiger partial charge in [-0.15, -0.1) is 0 Å². The zero-order valence-corrected chi connectivity index (χ0v) is 14.3. The standard InChI is InChI=1S/C18H20N2O3S/c1-14-7-8-18(24(21,22)23)17(10-14)6-3-9-20-13-16-5-2-4-15(11-16)12-19/h2,4-5,7-8,10-11,20H,3,6,9,13H2,1H3,(H,21,22,23). The zero-order valence-electron chi connectivity index (χ0n) is 13.5. The predicted molar refractivity (Wildman–Crippen MR) is 92.2 cm³/mol. The van der Waals surface area contributed by atoms with E-state index in [2.05, 4.69) is 11.4 Å². The highest BCUT2D eigenvalue weighted by Gasteiger charge is 2.14. The van der Waals surface area contributed by atoms with Gasteiger partial charge < -0.3 is 5.32 Å². The molecule has 0 spiro atoms. The van der Waals surface area contributed by atoms with E-state index in [1.54, 1.807) is 18.2 Å². The summed E-state index contributed by atoms with van der Waals surface area (Å²) in [6.07, 6.45) is 1.30. The van der Waals surface area contributed by atoms with E-state index < -0.39 is 10.1 Å². The fraction of sp³-hybridized carbons (Fsp3) is 0.278. The number of nitrogens with zero attached hydrogens (tertiary/aromatic N) is 1. The number of nitriles is 1. The summed E-state index contributed by atoms with van der Waals surface area (Å²) in [6, 6.07) is 14.4. The third-order valence-electron chi connectivity index (χ3n) is 3.68. The highest BCUT2D eigenvalue weighted by Crippen LogP contribution is 2.18. The average Bonchev–Trinajstić information content (AvgIpc) is 2.53. The smallest absolute Gasteiger partial charge is 0.294 e. The molecule has 0 bridgehead atoms. The van der Waals surface area contributed by atoms with Gasteiger partial charge in [-0.05, 0) is 55.6 Å². The van der Waals surface area contributed by atoms with Gasteiger partial charge in [0.25, 0.3) is 10.1 Å². The Hall–Kier alpha value is -2.20. The lowest BCUT2D eigenvalue weighted by Crippen LogP contribution is -2.16. The Morgan fingerprint density at radius 1 is 1.21 bits per heavy atom. The Morgan fingerprint density at radius 3 is 2.71 bits per heavy atom. The molecule has 0 aromatic heterocycles. The Balaban J connectivity index is 1.89. The number of benzene rings is 2. The van der Waals surface area contributed by atoms with Gasteiger partial charge in [0, 0.05) is 6.54 Å². The molecule has 2 aromatic rings. The molecule has 0 saturated heterocycles. The third kappa shape index (κ3) is 5.17. The highest BCUT2D eigenvalue weighted by atomic mass is 32.2. The summed E-state index contributed by atoms with van der Waals surface area (Å²) in [5, 5.41) is 12.1.